The van der Waals surface area contributed by atoms with E-state index in [0.717, 1.165) is 30.2 Å². The summed E-state index contributed by atoms with van der Waals surface area (Å²) in [7, 11) is 0. The summed E-state index contributed by atoms with van der Waals surface area (Å²) in [5, 5.41) is 2.11. The van der Waals surface area contributed by atoms with Crippen LogP contribution in [0, 0.1) is 0 Å². The van der Waals surface area contributed by atoms with Gasteiger partial charge >= 0.3 is 5.97 Å². The number of nitrogens with two attached hydrogens (primary N) is 1. The van der Waals surface area contributed by atoms with Crippen molar-refractivity contribution in [3.05, 3.63) is 60.4 Å². The molecule has 0 spiro atoms. The maximum absolute atomic E-state index is 11.6. The van der Waals surface area contributed by atoms with E-state index in [1.165, 1.54) is 0 Å². The monoisotopic (exact) mass is 286 g/mol. The molecule has 0 aliphatic carbocycles. The summed E-state index contributed by atoms with van der Waals surface area (Å²) in [6, 6.07) is 11.1. The van der Waals surface area contributed by atoms with E-state index in [9.17, 15) is 4.79 Å². The van der Waals surface area contributed by atoms with Gasteiger partial charge in [0, 0.05) is 5.56 Å². The molecule has 2 aromatic rings. The molecule has 0 atom stereocenters. The van der Waals surface area contributed by atoms with Gasteiger partial charge < -0.3 is 14.5 Å². The highest BCUT2D eigenvalue weighted by Crippen LogP contribution is 2.22. The van der Waals surface area contributed by atoms with Crippen molar-refractivity contribution in [2.75, 3.05) is 13.2 Å². The van der Waals surface area contributed by atoms with E-state index < -0.39 is 0 Å². The van der Waals surface area contributed by atoms with Gasteiger partial charge in [-0.05, 0) is 37.3 Å². The molecule has 0 radical (unpaired) electrons. The van der Waals surface area contributed by atoms with Crippen molar-refractivity contribution >= 4 is 5.97 Å². The van der Waals surface area contributed by atoms with Crippen LogP contribution in [0.3, 0.4) is 0 Å². The SMILES string of the molecule is C=CC[NH2+]Cc1ccc(-c2ccc(C(=O)OCC)cc2)o1. The number of carbonyl (C=O) groups excluding carboxylic acids is 1. The maximum Gasteiger partial charge on any atom is 0.338 e. The molecule has 2 rings (SSSR count). The van der Waals surface area contributed by atoms with E-state index in [1.807, 2.05) is 30.3 Å². The molecule has 0 bridgehead atoms. The third kappa shape index (κ3) is 4.07. The lowest BCUT2D eigenvalue weighted by Crippen LogP contribution is -2.82. The summed E-state index contributed by atoms with van der Waals surface area (Å²) < 4.78 is 10.7. The molecule has 0 saturated heterocycles. The Bertz CT molecular complexity index is 599. The average Bonchev–Trinajstić information content (AvgIpc) is 2.97. The van der Waals surface area contributed by atoms with Gasteiger partial charge in [0.2, 0.25) is 0 Å². The van der Waals surface area contributed by atoms with Gasteiger partial charge in [0.05, 0.1) is 18.7 Å². The fourth-order valence-electron chi connectivity index (χ4n) is 1.97. The summed E-state index contributed by atoms with van der Waals surface area (Å²) in [6.07, 6.45) is 1.86. The summed E-state index contributed by atoms with van der Waals surface area (Å²) in [5.41, 5.74) is 1.49. The molecule has 4 heteroatoms. The molecule has 1 aromatic carbocycles. The fraction of sp³-hybridized carbons (Fsp3) is 0.235. The normalized spacial score (nSPS) is 10.3. The predicted octanol–water partition coefficient (Wildman–Crippen LogP) is 2.37. The summed E-state index contributed by atoms with van der Waals surface area (Å²) in [4.78, 5) is 11.6. The van der Waals surface area contributed by atoms with E-state index in [1.54, 1.807) is 19.1 Å². The first kappa shape index (κ1) is 15.1. The van der Waals surface area contributed by atoms with E-state index in [0.29, 0.717) is 12.2 Å². The molecule has 0 fully saturated rings. The fourth-order valence-corrected chi connectivity index (χ4v) is 1.97. The summed E-state index contributed by atoms with van der Waals surface area (Å²) in [6.45, 7) is 7.50. The Kier molecular flexibility index (Phi) is 5.35. The molecule has 1 heterocycles. The van der Waals surface area contributed by atoms with Crippen LogP contribution in [0.4, 0.5) is 0 Å². The van der Waals surface area contributed by atoms with Gasteiger partial charge in [-0.1, -0.05) is 18.7 Å². The summed E-state index contributed by atoms with van der Waals surface area (Å²) in [5.74, 6) is 1.41. The molecular weight excluding hydrogens is 266 g/mol. The maximum atomic E-state index is 11.6. The molecule has 110 valence electrons. The van der Waals surface area contributed by atoms with Crippen LogP contribution in [0.25, 0.3) is 11.3 Å². The molecule has 1 aromatic heterocycles. The third-order valence-corrected chi connectivity index (χ3v) is 3.02. The number of rotatable bonds is 7. The lowest BCUT2D eigenvalue weighted by atomic mass is 10.1. The Morgan fingerprint density at radius 1 is 1.29 bits per heavy atom. The number of hydrogen-bond donors (Lipinski definition) is 1. The molecule has 0 saturated carbocycles. The quantitative estimate of drug-likeness (QED) is 0.483. The zero-order valence-electron chi connectivity index (χ0n) is 12.2. The van der Waals surface area contributed by atoms with Crippen molar-refractivity contribution in [2.24, 2.45) is 0 Å². The summed E-state index contributed by atoms with van der Waals surface area (Å²) >= 11 is 0. The molecule has 21 heavy (non-hydrogen) atoms. The lowest BCUT2D eigenvalue weighted by Gasteiger charge is -2.02. The van der Waals surface area contributed by atoms with E-state index in [2.05, 4.69) is 11.9 Å². The highest BCUT2D eigenvalue weighted by atomic mass is 16.5. The van der Waals surface area contributed by atoms with Gasteiger partial charge in [0.15, 0.2) is 5.76 Å². The number of quaternary nitrogens is 1. The van der Waals surface area contributed by atoms with Crippen LogP contribution in [-0.4, -0.2) is 19.1 Å². The number of benzene rings is 1. The van der Waals surface area contributed by atoms with Gasteiger partial charge in [0.25, 0.3) is 0 Å². The van der Waals surface area contributed by atoms with Crippen LogP contribution in [0.2, 0.25) is 0 Å². The Hall–Kier alpha value is -2.33. The molecule has 0 aliphatic heterocycles. The predicted molar refractivity (Wildman–Crippen MR) is 80.8 cm³/mol. The van der Waals surface area contributed by atoms with E-state index in [-0.39, 0.29) is 5.97 Å². The molecule has 4 nitrogen and oxygen atoms in total. The first-order valence-corrected chi connectivity index (χ1v) is 7.03. The minimum absolute atomic E-state index is 0.303. The topological polar surface area (TPSA) is 56.0 Å². The minimum Gasteiger partial charge on any atom is -0.462 e. The average molecular weight is 286 g/mol. The van der Waals surface area contributed by atoms with Crippen LogP contribution < -0.4 is 5.32 Å². The van der Waals surface area contributed by atoms with Crippen molar-refractivity contribution in [1.82, 2.24) is 0 Å². The van der Waals surface area contributed by atoms with Gasteiger partial charge in [0.1, 0.15) is 12.3 Å². The van der Waals surface area contributed by atoms with Gasteiger partial charge in [-0.15, -0.1) is 0 Å². The Morgan fingerprint density at radius 3 is 2.71 bits per heavy atom. The second kappa shape index (κ2) is 7.45. The Balaban J connectivity index is 2.05. The van der Waals surface area contributed by atoms with Gasteiger partial charge in [-0.25, -0.2) is 4.79 Å². The molecular formula is C17H20NO3+. The smallest absolute Gasteiger partial charge is 0.338 e. The van der Waals surface area contributed by atoms with Crippen LogP contribution in [0.1, 0.15) is 23.0 Å². The third-order valence-electron chi connectivity index (χ3n) is 3.02. The number of ether oxygens (including phenoxy) is 1. The zero-order valence-corrected chi connectivity index (χ0v) is 12.2. The second-order valence-corrected chi connectivity index (χ2v) is 4.58. The number of furan rings is 1. The van der Waals surface area contributed by atoms with Crippen molar-refractivity contribution < 1.29 is 19.3 Å². The van der Waals surface area contributed by atoms with E-state index >= 15 is 0 Å². The molecule has 2 N–H and O–H groups in total. The zero-order chi connectivity index (χ0) is 15.1. The Labute approximate surface area is 124 Å². The molecule has 0 aliphatic rings. The van der Waals surface area contributed by atoms with Crippen molar-refractivity contribution in [3.8, 4) is 11.3 Å². The highest BCUT2D eigenvalue weighted by Gasteiger charge is 2.09. The first-order chi connectivity index (χ1) is 10.2. The van der Waals surface area contributed by atoms with Crippen molar-refractivity contribution in [3.63, 3.8) is 0 Å². The van der Waals surface area contributed by atoms with E-state index in [4.69, 9.17) is 9.15 Å². The van der Waals surface area contributed by atoms with Crippen molar-refractivity contribution in [2.45, 2.75) is 13.5 Å². The largest absolute Gasteiger partial charge is 0.462 e. The second-order valence-electron chi connectivity index (χ2n) is 4.58. The first-order valence-electron chi connectivity index (χ1n) is 7.03. The van der Waals surface area contributed by atoms with Gasteiger partial charge in [-0.3, -0.25) is 0 Å². The molecule has 0 unspecified atom stereocenters. The van der Waals surface area contributed by atoms with Crippen LogP contribution in [-0.2, 0) is 11.3 Å². The number of hydrogen-bond acceptors (Lipinski definition) is 3. The van der Waals surface area contributed by atoms with Crippen LogP contribution >= 0.6 is 0 Å². The number of esters is 1. The minimum atomic E-state index is -0.303. The molecule has 0 amide bonds. The van der Waals surface area contributed by atoms with Gasteiger partial charge in [-0.2, -0.15) is 0 Å². The standard InChI is InChI=1S/C17H19NO3/c1-3-11-18-12-15-9-10-16(21-15)13-5-7-14(8-6-13)17(19)20-4-2/h3,5-10,18H,1,4,11-12H2,2H3/p+1. The highest BCUT2D eigenvalue weighted by molar-refractivity contribution is 5.89. The Morgan fingerprint density at radius 2 is 2.05 bits per heavy atom. The number of carbonyl (C=O) groups is 1. The van der Waals surface area contributed by atoms with Crippen LogP contribution in [0.5, 0.6) is 0 Å². The lowest BCUT2D eigenvalue weighted by molar-refractivity contribution is -0.663. The van der Waals surface area contributed by atoms with Crippen LogP contribution in [0.15, 0.2) is 53.5 Å². The van der Waals surface area contributed by atoms with Crippen molar-refractivity contribution in [1.29, 1.82) is 0 Å².